The van der Waals surface area contributed by atoms with E-state index in [0.29, 0.717) is 24.7 Å². The van der Waals surface area contributed by atoms with Crippen molar-refractivity contribution < 1.29 is 9.63 Å². The quantitative estimate of drug-likeness (QED) is 0.750. The lowest BCUT2D eigenvalue weighted by Gasteiger charge is -2.21. The molecule has 140 valence electrons. The first-order chi connectivity index (χ1) is 13.1. The summed E-state index contributed by atoms with van der Waals surface area (Å²) in [5.41, 5.74) is 3.29. The molecule has 0 aliphatic carbocycles. The molecule has 27 heavy (non-hydrogen) atoms. The number of aliphatic hydroxyl groups excluding tert-OH is 1. The average molecular weight is 364 g/mol. The van der Waals surface area contributed by atoms with Crippen LogP contribution in [0.25, 0.3) is 11.4 Å². The fourth-order valence-electron chi connectivity index (χ4n) is 3.52. The van der Waals surface area contributed by atoms with E-state index in [0.717, 1.165) is 12.1 Å². The molecule has 2 aromatic carbocycles. The Morgan fingerprint density at radius 3 is 2.56 bits per heavy atom. The smallest absolute Gasteiger partial charge is 0.244 e. The van der Waals surface area contributed by atoms with Crippen molar-refractivity contribution in [2.45, 2.75) is 25.1 Å². The highest BCUT2D eigenvalue weighted by Crippen LogP contribution is 2.33. The molecule has 4 rings (SSSR count). The molecule has 0 amide bonds. The molecule has 6 heteroatoms. The maximum absolute atomic E-state index is 10.2. The highest BCUT2D eigenvalue weighted by atomic mass is 16.5. The van der Waals surface area contributed by atoms with Gasteiger partial charge < -0.3 is 14.5 Å². The summed E-state index contributed by atoms with van der Waals surface area (Å²) in [6.45, 7) is 1.33. The second-order valence-corrected chi connectivity index (χ2v) is 7.22. The van der Waals surface area contributed by atoms with Gasteiger partial charge in [-0.3, -0.25) is 4.90 Å². The van der Waals surface area contributed by atoms with Crippen LogP contribution in [0.2, 0.25) is 0 Å². The van der Waals surface area contributed by atoms with E-state index in [2.05, 4.69) is 44.2 Å². The molecule has 0 spiro atoms. The van der Waals surface area contributed by atoms with Gasteiger partial charge in [0.05, 0.1) is 12.1 Å². The first kappa shape index (κ1) is 17.7. The Labute approximate surface area is 159 Å². The number of likely N-dealkylation sites (tertiary alicyclic amines) is 1. The van der Waals surface area contributed by atoms with Crippen molar-refractivity contribution >= 4 is 5.69 Å². The minimum Gasteiger partial charge on any atom is -0.392 e. The third kappa shape index (κ3) is 3.86. The molecule has 1 saturated heterocycles. The monoisotopic (exact) mass is 364 g/mol. The predicted octanol–water partition coefficient (Wildman–Crippen LogP) is 3.11. The van der Waals surface area contributed by atoms with Crippen LogP contribution in [0.1, 0.15) is 23.9 Å². The molecular weight excluding hydrogens is 340 g/mol. The molecule has 1 fully saturated rings. The zero-order valence-corrected chi connectivity index (χ0v) is 15.6. The summed E-state index contributed by atoms with van der Waals surface area (Å²) in [5.74, 6) is 1.15. The topological polar surface area (TPSA) is 65.6 Å². The van der Waals surface area contributed by atoms with Crippen molar-refractivity contribution in [3.05, 3.63) is 66.1 Å². The number of hydrogen-bond donors (Lipinski definition) is 1. The van der Waals surface area contributed by atoms with Gasteiger partial charge in [0, 0.05) is 38.4 Å². The van der Waals surface area contributed by atoms with Gasteiger partial charge in [-0.25, -0.2) is 0 Å². The van der Waals surface area contributed by atoms with Crippen molar-refractivity contribution in [2.75, 3.05) is 25.5 Å². The third-order valence-electron chi connectivity index (χ3n) is 4.98. The van der Waals surface area contributed by atoms with Crippen molar-refractivity contribution in [2.24, 2.45) is 0 Å². The van der Waals surface area contributed by atoms with Crippen LogP contribution in [-0.4, -0.2) is 46.9 Å². The zero-order valence-electron chi connectivity index (χ0n) is 15.6. The largest absolute Gasteiger partial charge is 0.392 e. The second-order valence-electron chi connectivity index (χ2n) is 7.22. The van der Waals surface area contributed by atoms with Gasteiger partial charge in [0.15, 0.2) is 0 Å². The summed E-state index contributed by atoms with van der Waals surface area (Å²) < 4.78 is 5.55. The number of aromatic nitrogens is 2. The Hall–Kier alpha value is -2.70. The van der Waals surface area contributed by atoms with E-state index in [1.54, 1.807) is 0 Å². The number of benzene rings is 2. The van der Waals surface area contributed by atoms with Crippen molar-refractivity contribution in [3.63, 3.8) is 0 Å². The highest BCUT2D eigenvalue weighted by molar-refractivity contribution is 5.53. The summed E-state index contributed by atoms with van der Waals surface area (Å²) >= 11 is 0. The number of β-amino-alcohol motifs (C(OH)–C–C–N with tert-alkyl or cyclic N) is 1. The van der Waals surface area contributed by atoms with Crippen LogP contribution in [0.3, 0.4) is 0 Å². The average Bonchev–Trinajstić information content (AvgIpc) is 3.29. The first-order valence-electron chi connectivity index (χ1n) is 9.17. The first-order valence-corrected chi connectivity index (χ1v) is 9.17. The van der Waals surface area contributed by atoms with Gasteiger partial charge in [-0.2, -0.15) is 4.98 Å². The fourth-order valence-corrected chi connectivity index (χ4v) is 3.52. The Kier molecular flexibility index (Phi) is 4.92. The molecule has 6 nitrogen and oxygen atoms in total. The summed E-state index contributed by atoms with van der Waals surface area (Å²) in [4.78, 5) is 8.87. The van der Waals surface area contributed by atoms with E-state index in [-0.39, 0.29) is 12.1 Å². The fraction of sp³-hybridized carbons (Fsp3) is 0.333. The molecular formula is C21H24N4O2. The van der Waals surface area contributed by atoms with Gasteiger partial charge >= 0.3 is 0 Å². The van der Waals surface area contributed by atoms with E-state index >= 15 is 0 Å². The molecule has 2 atom stereocenters. The van der Waals surface area contributed by atoms with Crippen molar-refractivity contribution in [3.8, 4) is 11.4 Å². The Balaban J connectivity index is 1.52. The number of nitrogens with zero attached hydrogens (tertiary/aromatic N) is 4. The van der Waals surface area contributed by atoms with Crippen molar-refractivity contribution in [1.82, 2.24) is 15.0 Å². The molecule has 1 N–H and O–H groups in total. The predicted molar refractivity (Wildman–Crippen MR) is 104 cm³/mol. The van der Waals surface area contributed by atoms with Crippen LogP contribution in [0.15, 0.2) is 59.1 Å². The number of aliphatic hydroxyl groups is 1. The molecule has 3 aromatic rings. The molecule has 0 unspecified atom stereocenters. The number of rotatable bonds is 5. The van der Waals surface area contributed by atoms with E-state index in [1.165, 1.54) is 11.3 Å². The number of hydrogen-bond acceptors (Lipinski definition) is 6. The SMILES string of the molecule is CN(C)c1ccc(CN2C[C@H](O)C[C@H]2c2nc(-c3ccccc3)no2)cc1. The van der Waals surface area contributed by atoms with Gasteiger partial charge in [-0.05, 0) is 24.1 Å². The van der Waals surface area contributed by atoms with Crippen LogP contribution >= 0.6 is 0 Å². The van der Waals surface area contributed by atoms with Crippen LogP contribution in [0.4, 0.5) is 5.69 Å². The minimum atomic E-state index is -0.386. The van der Waals surface area contributed by atoms with E-state index in [1.807, 2.05) is 44.4 Å². The summed E-state index contributed by atoms with van der Waals surface area (Å²) in [6, 6.07) is 18.2. The van der Waals surface area contributed by atoms with E-state index in [9.17, 15) is 5.11 Å². The normalized spacial score (nSPS) is 20.1. The lowest BCUT2D eigenvalue weighted by Crippen LogP contribution is -2.24. The third-order valence-corrected chi connectivity index (χ3v) is 4.98. The standard InChI is InChI=1S/C21H24N4O2/c1-24(2)17-10-8-15(9-11-17)13-25-14-18(26)12-19(25)21-22-20(23-27-21)16-6-4-3-5-7-16/h3-11,18-19,26H,12-14H2,1-2H3/t18-,19+/m1/s1. The van der Waals surface area contributed by atoms with Crippen LogP contribution in [0, 0.1) is 0 Å². The second kappa shape index (κ2) is 7.50. The lowest BCUT2D eigenvalue weighted by atomic mass is 10.1. The van der Waals surface area contributed by atoms with Crippen LogP contribution < -0.4 is 4.90 Å². The Morgan fingerprint density at radius 1 is 1.11 bits per heavy atom. The van der Waals surface area contributed by atoms with Gasteiger partial charge in [-0.1, -0.05) is 47.6 Å². The minimum absolute atomic E-state index is 0.0708. The van der Waals surface area contributed by atoms with Gasteiger partial charge in [-0.15, -0.1) is 0 Å². The molecule has 0 radical (unpaired) electrons. The summed E-state index contributed by atoms with van der Waals surface area (Å²) in [5, 5.41) is 14.3. The van der Waals surface area contributed by atoms with E-state index < -0.39 is 0 Å². The molecule has 1 aromatic heterocycles. The van der Waals surface area contributed by atoms with Gasteiger partial charge in [0.1, 0.15) is 0 Å². The van der Waals surface area contributed by atoms with E-state index in [4.69, 9.17) is 4.52 Å². The van der Waals surface area contributed by atoms with Gasteiger partial charge in [0.25, 0.3) is 0 Å². The molecule has 1 aliphatic rings. The zero-order chi connectivity index (χ0) is 18.8. The van der Waals surface area contributed by atoms with Gasteiger partial charge in [0.2, 0.25) is 11.7 Å². The Bertz CT molecular complexity index is 877. The molecule has 2 heterocycles. The lowest BCUT2D eigenvalue weighted by molar-refractivity contribution is 0.169. The van der Waals surface area contributed by atoms with Crippen LogP contribution in [0.5, 0.6) is 0 Å². The summed E-state index contributed by atoms with van der Waals surface area (Å²) in [6.07, 6.45) is 0.217. The van der Waals surface area contributed by atoms with Crippen LogP contribution in [-0.2, 0) is 6.54 Å². The van der Waals surface area contributed by atoms with Crippen molar-refractivity contribution in [1.29, 1.82) is 0 Å². The maximum Gasteiger partial charge on any atom is 0.244 e. The number of anilines is 1. The maximum atomic E-state index is 10.2. The molecule has 0 saturated carbocycles. The highest BCUT2D eigenvalue weighted by Gasteiger charge is 2.35. The molecule has 0 bridgehead atoms. The molecule has 1 aliphatic heterocycles. The Morgan fingerprint density at radius 2 is 1.85 bits per heavy atom. The summed E-state index contributed by atoms with van der Waals surface area (Å²) in [7, 11) is 4.06.